The fraction of sp³-hybridized carbons (Fsp3) is 0.619. The van der Waals surface area contributed by atoms with Gasteiger partial charge in [-0.1, -0.05) is 29.7 Å². The zero-order chi connectivity index (χ0) is 15.7. The van der Waals surface area contributed by atoms with Crippen molar-refractivity contribution in [1.29, 1.82) is 0 Å². The summed E-state index contributed by atoms with van der Waals surface area (Å²) in [7, 11) is 7.64. The van der Waals surface area contributed by atoms with E-state index in [1.165, 1.54) is 24.8 Å². The maximum Gasteiger partial charge on any atom is 0.122 e. The third kappa shape index (κ3) is 1.87. The highest BCUT2D eigenvalue weighted by Crippen LogP contribution is 2.88. The molecule has 4 aliphatic rings. The Hall–Kier alpha value is -1.18. The van der Waals surface area contributed by atoms with E-state index in [0.717, 1.165) is 40.8 Å². The highest BCUT2D eigenvalue weighted by atomic mass is 16.5. The number of rotatable bonds is 5. The second kappa shape index (κ2) is 4.68. The van der Waals surface area contributed by atoms with Crippen molar-refractivity contribution in [2.24, 2.45) is 28.6 Å². The molecule has 0 aromatic heterocycles. The zero-order valence-corrected chi connectivity index (χ0v) is 14.1. The summed E-state index contributed by atoms with van der Waals surface area (Å²) in [4.78, 5) is 0. The predicted octanol–water partition coefficient (Wildman–Crippen LogP) is 3.80. The topological polar surface area (TPSA) is 9.23 Å². The largest absolute Gasteiger partial charge is 0.496 e. The van der Waals surface area contributed by atoms with Crippen LogP contribution in [-0.2, 0) is 6.42 Å². The summed E-state index contributed by atoms with van der Waals surface area (Å²) in [6.07, 6.45) is 14.7. The quantitative estimate of drug-likeness (QED) is 0.594. The molecule has 0 saturated heterocycles. The Morgan fingerprint density at radius 1 is 1.26 bits per heavy atom. The molecule has 2 bridgehead atoms. The molecule has 1 aromatic carbocycles. The fourth-order valence-electron chi connectivity index (χ4n) is 6.80. The summed E-state index contributed by atoms with van der Waals surface area (Å²) in [5.41, 5.74) is 3.51. The Labute approximate surface area is 140 Å². The number of methoxy groups -OCH3 is 1. The van der Waals surface area contributed by atoms with Crippen LogP contribution in [0.1, 0.15) is 44.1 Å². The van der Waals surface area contributed by atoms with Crippen molar-refractivity contribution in [3.05, 3.63) is 35.9 Å². The Morgan fingerprint density at radius 2 is 2.17 bits per heavy atom. The van der Waals surface area contributed by atoms with Crippen LogP contribution >= 0.6 is 0 Å². The molecular formula is C21H25BO. The fourth-order valence-corrected chi connectivity index (χ4v) is 6.80. The van der Waals surface area contributed by atoms with E-state index in [4.69, 9.17) is 12.6 Å². The lowest BCUT2D eigenvalue weighted by atomic mass is 9.58. The molecule has 0 N–H and O–H groups in total. The molecule has 2 radical (unpaired) electrons. The van der Waals surface area contributed by atoms with Gasteiger partial charge in [-0.15, -0.1) is 0 Å². The Balaban J connectivity index is 1.26. The molecule has 1 spiro atoms. The summed E-state index contributed by atoms with van der Waals surface area (Å²) in [5.74, 6) is 4.24. The van der Waals surface area contributed by atoms with Gasteiger partial charge in [0.05, 0.1) is 7.11 Å². The van der Waals surface area contributed by atoms with E-state index in [2.05, 4.69) is 12.2 Å². The lowest BCUT2D eigenvalue weighted by molar-refractivity contribution is 0.0230. The number of hydrogen-bond acceptors (Lipinski definition) is 1. The molecule has 5 unspecified atom stereocenters. The van der Waals surface area contributed by atoms with Gasteiger partial charge in [0, 0.05) is 0 Å². The number of hydrogen-bond donors (Lipinski definition) is 0. The molecule has 0 aliphatic heterocycles. The van der Waals surface area contributed by atoms with Crippen molar-refractivity contribution in [2.45, 2.75) is 44.9 Å². The monoisotopic (exact) mass is 304 g/mol. The highest BCUT2D eigenvalue weighted by Gasteiger charge is 2.79. The van der Waals surface area contributed by atoms with Crippen molar-refractivity contribution in [2.75, 3.05) is 7.11 Å². The Bertz CT molecular complexity index is 680. The van der Waals surface area contributed by atoms with Gasteiger partial charge in [-0.25, -0.2) is 0 Å². The van der Waals surface area contributed by atoms with E-state index in [9.17, 15) is 0 Å². The van der Waals surface area contributed by atoms with Crippen LogP contribution in [0.3, 0.4) is 0 Å². The summed E-state index contributed by atoms with van der Waals surface area (Å²) in [6, 6.07) is 5.92. The lowest BCUT2D eigenvalue weighted by Gasteiger charge is -2.46. The van der Waals surface area contributed by atoms with E-state index < -0.39 is 0 Å². The van der Waals surface area contributed by atoms with E-state index >= 15 is 0 Å². The SMILES string of the molecule is [B]c1ccc(OC)c(C/C=C/CC23CC4CC5CC2(C3)C5C4)c1. The summed E-state index contributed by atoms with van der Waals surface area (Å²) < 4.78 is 5.44. The lowest BCUT2D eigenvalue weighted by Crippen LogP contribution is -2.39. The molecule has 5 rings (SSSR count). The van der Waals surface area contributed by atoms with Crippen LogP contribution in [0.5, 0.6) is 5.75 Å². The normalized spacial score (nSPS) is 42.4. The van der Waals surface area contributed by atoms with Crippen LogP contribution in [0.2, 0.25) is 0 Å². The van der Waals surface area contributed by atoms with Gasteiger partial charge in [-0.3, -0.25) is 0 Å². The Kier molecular flexibility index (Phi) is 2.89. The van der Waals surface area contributed by atoms with Crippen LogP contribution < -0.4 is 10.2 Å². The zero-order valence-electron chi connectivity index (χ0n) is 14.1. The minimum Gasteiger partial charge on any atom is -0.496 e. The number of allylic oxidation sites excluding steroid dienone is 2. The molecule has 1 aromatic rings. The van der Waals surface area contributed by atoms with Crippen LogP contribution in [-0.4, -0.2) is 15.0 Å². The molecule has 2 heteroatoms. The van der Waals surface area contributed by atoms with Gasteiger partial charge in [0.1, 0.15) is 13.6 Å². The average molecular weight is 304 g/mol. The van der Waals surface area contributed by atoms with Gasteiger partial charge < -0.3 is 4.74 Å². The number of ether oxygens (including phenoxy) is 1. The molecule has 0 amide bonds. The number of fused-ring (bicyclic) bond motifs is 1. The van der Waals surface area contributed by atoms with Gasteiger partial charge >= 0.3 is 0 Å². The van der Waals surface area contributed by atoms with Crippen molar-refractivity contribution >= 4 is 13.3 Å². The number of benzene rings is 1. The molecule has 4 aliphatic carbocycles. The molecule has 0 heterocycles. The molecule has 1 nitrogen and oxygen atoms in total. The van der Waals surface area contributed by atoms with E-state index in [1.807, 2.05) is 18.2 Å². The summed E-state index contributed by atoms with van der Waals surface area (Å²) in [5, 5.41) is 0. The Morgan fingerprint density at radius 3 is 3.04 bits per heavy atom. The standard InChI is InChI=1S/C21H25BO/c1-23-19-6-5-17(22)10-15(19)4-2-3-7-20-11-14-8-16-12-21(20,13-20)18(16)9-14/h2-3,5-6,10,14,16,18H,4,7-9,11-13H2,1H3/b3-2+. The molecule has 4 fully saturated rings. The highest BCUT2D eigenvalue weighted by molar-refractivity contribution is 6.32. The van der Waals surface area contributed by atoms with Crippen molar-refractivity contribution in [3.63, 3.8) is 0 Å². The van der Waals surface area contributed by atoms with Crippen LogP contribution in [0.25, 0.3) is 0 Å². The van der Waals surface area contributed by atoms with Crippen molar-refractivity contribution < 1.29 is 4.74 Å². The van der Waals surface area contributed by atoms with E-state index in [1.54, 1.807) is 26.4 Å². The summed E-state index contributed by atoms with van der Waals surface area (Å²) >= 11 is 0. The average Bonchev–Trinajstić information content (AvgIpc) is 3.13. The summed E-state index contributed by atoms with van der Waals surface area (Å²) in [6.45, 7) is 0. The van der Waals surface area contributed by atoms with Crippen molar-refractivity contribution in [1.82, 2.24) is 0 Å². The molecule has 4 saturated carbocycles. The minimum absolute atomic E-state index is 0.698. The first-order valence-electron chi connectivity index (χ1n) is 9.23. The van der Waals surface area contributed by atoms with Gasteiger partial charge in [0.2, 0.25) is 0 Å². The first-order valence-corrected chi connectivity index (χ1v) is 9.23. The van der Waals surface area contributed by atoms with Gasteiger partial charge in [0.25, 0.3) is 0 Å². The maximum atomic E-state index is 5.91. The van der Waals surface area contributed by atoms with E-state index in [-0.39, 0.29) is 0 Å². The van der Waals surface area contributed by atoms with Crippen LogP contribution in [0.15, 0.2) is 30.4 Å². The predicted molar refractivity (Wildman–Crippen MR) is 94.3 cm³/mol. The first-order chi connectivity index (χ1) is 11.2. The maximum absolute atomic E-state index is 5.91. The third-order valence-corrected chi connectivity index (χ3v) is 7.71. The van der Waals surface area contributed by atoms with E-state index in [0.29, 0.717) is 5.41 Å². The smallest absolute Gasteiger partial charge is 0.122 e. The molecule has 23 heavy (non-hydrogen) atoms. The molecular weight excluding hydrogens is 279 g/mol. The molecule has 5 atom stereocenters. The van der Waals surface area contributed by atoms with Crippen LogP contribution in [0, 0.1) is 28.6 Å². The van der Waals surface area contributed by atoms with Gasteiger partial charge in [-0.2, -0.15) is 0 Å². The third-order valence-electron chi connectivity index (χ3n) is 7.71. The van der Waals surface area contributed by atoms with Crippen LogP contribution in [0.4, 0.5) is 0 Å². The first kappa shape index (κ1) is 14.2. The van der Waals surface area contributed by atoms with Crippen molar-refractivity contribution in [3.8, 4) is 5.75 Å². The van der Waals surface area contributed by atoms with Gasteiger partial charge in [0.15, 0.2) is 0 Å². The molecule has 118 valence electrons. The second-order valence-corrected chi connectivity index (χ2v) is 8.68. The van der Waals surface area contributed by atoms with Gasteiger partial charge in [-0.05, 0) is 85.2 Å². The minimum atomic E-state index is 0.698. The second-order valence-electron chi connectivity index (χ2n) is 8.68.